The largest absolute Gasteiger partial charge is 0.376 e. The molecule has 5 heteroatoms. The average molecular weight is 369 g/mol. The minimum absolute atomic E-state index is 0.0237. The van der Waals surface area contributed by atoms with Crippen molar-refractivity contribution in [3.8, 4) is 0 Å². The highest BCUT2D eigenvalue weighted by Gasteiger charge is 2.47. The Morgan fingerprint density at radius 2 is 1.72 bits per heavy atom. The van der Waals surface area contributed by atoms with Crippen molar-refractivity contribution in [3.63, 3.8) is 0 Å². The van der Waals surface area contributed by atoms with E-state index in [4.69, 9.17) is 18.9 Å². The molecule has 1 aromatic carbocycles. The van der Waals surface area contributed by atoms with Crippen LogP contribution in [0.3, 0.4) is 0 Å². The van der Waals surface area contributed by atoms with E-state index in [0.29, 0.717) is 12.5 Å². The summed E-state index contributed by atoms with van der Waals surface area (Å²) in [5.74, 6) is 1.51. The van der Waals surface area contributed by atoms with Gasteiger partial charge in [0.1, 0.15) is 23.7 Å². The fraction of sp³-hybridized carbons (Fsp3) is 0.700. The maximum atomic E-state index is 6.41. The zero-order valence-corrected chi connectivity index (χ0v) is 16.8. The van der Waals surface area contributed by atoms with Crippen LogP contribution in [0.15, 0.2) is 30.3 Å². The minimum atomic E-state index is -0.163. The van der Waals surface area contributed by atoms with E-state index in [9.17, 15) is 0 Å². The van der Waals surface area contributed by atoms with Crippen molar-refractivity contribution in [2.75, 3.05) is 20.0 Å². The molecule has 0 aliphatic carbocycles. The van der Waals surface area contributed by atoms with Gasteiger partial charge in [0.15, 0.2) is 0 Å². The molecule has 0 aromatic heterocycles. The first-order chi connectivity index (χ1) is 12.1. The Bertz CT molecular complexity index is 482. The maximum absolute atomic E-state index is 6.41. The zero-order chi connectivity index (χ0) is 18.2. The Balaban J connectivity index is 2.15. The van der Waals surface area contributed by atoms with Gasteiger partial charge in [-0.1, -0.05) is 51.1 Å². The molecule has 0 bridgehead atoms. The molecule has 1 aliphatic rings. The van der Waals surface area contributed by atoms with Gasteiger partial charge in [0.05, 0.1) is 12.7 Å². The molecule has 0 spiro atoms. The summed E-state index contributed by atoms with van der Waals surface area (Å²) in [5.41, 5.74) is 1.10. The Kier molecular flexibility index (Phi) is 8.73. The molecule has 0 amide bonds. The molecule has 1 saturated heterocycles. The average Bonchev–Trinajstić information content (AvgIpc) is 2.60. The van der Waals surface area contributed by atoms with Gasteiger partial charge in [0.2, 0.25) is 0 Å². The molecule has 0 saturated carbocycles. The lowest BCUT2D eigenvalue weighted by Gasteiger charge is -2.45. The van der Waals surface area contributed by atoms with E-state index in [1.165, 1.54) is 0 Å². The molecule has 4 nitrogen and oxygen atoms in total. The predicted molar refractivity (Wildman–Crippen MR) is 103 cm³/mol. The lowest BCUT2D eigenvalue weighted by molar-refractivity contribution is -0.231. The van der Waals surface area contributed by atoms with Crippen LogP contribution in [0.25, 0.3) is 0 Å². The van der Waals surface area contributed by atoms with E-state index < -0.39 is 0 Å². The smallest absolute Gasteiger partial charge is 0.132 e. The predicted octanol–water partition coefficient (Wildman–Crippen LogP) is 4.13. The molecule has 0 N–H and O–H groups in total. The number of methoxy groups -OCH3 is 2. The summed E-state index contributed by atoms with van der Waals surface area (Å²) in [7, 11) is 3.47. The first-order valence-electron chi connectivity index (χ1n) is 9.08. The van der Waals surface area contributed by atoms with Crippen LogP contribution >= 0.6 is 11.8 Å². The highest BCUT2D eigenvalue weighted by molar-refractivity contribution is 7.99. The summed E-state index contributed by atoms with van der Waals surface area (Å²) in [4.78, 5) is 0. The van der Waals surface area contributed by atoms with E-state index in [2.05, 4.69) is 32.9 Å². The molecule has 0 radical (unpaired) electrons. The molecule has 0 unspecified atom stereocenters. The first-order valence-corrected chi connectivity index (χ1v) is 10.1. The summed E-state index contributed by atoms with van der Waals surface area (Å²) in [6.45, 7) is 7.10. The standard InChI is InChI=1S/C20H32O4S/c1-6-25-20-19(23-13-15-10-8-7-9-11-15)18(22-5)17(21-4)16(24-20)12-14(2)3/h7-11,14,16-20H,6,12-13H2,1-5H3/t16-,17-,18+,19+,20-/m1/s1. The van der Waals surface area contributed by atoms with Crippen LogP contribution in [0.2, 0.25) is 0 Å². The van der Waals surface area contributed by atoms with Crippen molar-refractivity contribution in [2.24, 2.45) is 5.92 Å². The summed E-state index contributed by atoms with van der Waals surface area (Å²) in [6.07, 6.45) is 0.543. The monoisotopic (exact) mass is 368 g/mol. The van der Waals surface area contributed by atoms with Crippen LogP contribution in [-0.2, 0) is 25.6 Å². The third-order valence-electron chi connectivity index (χ3n) is 4.46. The second-order valence-corrected chi connectivity index (χ2v) is 8.16. The molecule has 1 fully saturated rings. The quantitative estimate of drug-likeness (QED) is 0.655. The maximum Gasteiger partial charge on any atom is 0.132 e. The molecular weight excluding hydrogens is 336 g/mol. The van der Waals surface area contributed by atoms with Gasteiger partial charge < -0.3 is 18.9 Å². The lowest BCUT2D eigenvalue weighted by atomic mass is 9.93. The summed E-state index contributed by atoms with van der Waals surface area (Å²) in [6, 6.07) is 10.2. The Hall–Kier alpha value is -0.590. The SMILES string of the molecule is CCS[C@H]1O[C@H](CC(C)C)[C@@H](OC)[C@H](OC)[C@@H]1OCc1ccccc1. The zero-order valence-electron chi connectivity index (χ0n) is 16.0. The topological polar surface area (TPSA) is 36.9 Å². The van der Waals surface area contributed by atoms with Crippen LogP contribution in [-0.4, -0.2) is 49.8 Å². The van der Waals surface area contributed by atoms with Gasteiger partial charge >= 0.3 is 0 Å². The third kappa shape index (κ3) is 5.69. The minimum Gasteiger partial charge on any atom is -0.376 e. The highest BCUT2D eigenvalue weighted by Crippen LogP contribution is 2.35. The van der Waals surface area contributed by atoms with Crippen LogP contribution in [0.5, 0.6) is 0 Å². The molecule has 142 valence electrons. The molecular formula is C20H32O4S. The van der Waals surface area contributed by atoms with Crippen LogP contribution in [0.1, 0.15) is 32.8 Å². The second-order valence-electron chi connectivity index (χ2n) is 6.79. The Labute approximate surface area is 156 Å². The van der Waals surface area contributed by atoms with E-state index in [0.717, 1.165) is 17.7 Å². The first kappa shape index (κ1) is 20.7. The fourth-order valence-corrected chi connectivity index (χ4v) is 4.30. The van der Waals surface area contributed by atoms with Crippen LogP contribution in [0, 0.1) is 5.92 Å². The van der Waals surface area contributed by atoms with Crippen molar-refractivity contribution >= 4 is 11.8 Å². The van der Waals surface area contributed by atoms with E-state index in [1.54, 1.807) is 26.0 Å². The van der Waals surface area contributed by atoms with Gasteiger partial charge in [-0.15, -0.1) is 11.8 Å². The normalized spacial score (nSPS) is 29.9. The highest BCUT2D eigenvalue weighted by atomic mass is 32.2. The lowest BCUT2D eigenvalue weighted by Crippen LogP contribution is -2.59. The summed E-state index contributed by atoms with van der Waals surface area (Å²) in [5, 5.41) is 0. The summed E-state index contributed by atoms with van der Waals surface area (Å²) >= 11 is 1.78. The van der Waals surface area contributed by atoms with Crippen molar-refractivity contribution in [2.45, 2.75) is 63.7 Å². The number of hydrogen-bond donors (Lipinski definition) is 0. The van der Waals surface area contributed by atoms with Crippen LogP contribution in [0.4, 0.5) is 0 Å². The van der Waals surface area contributed by atoms with Crippen molar-refractivity contribution in [1.29, 1.82) is 0 Å². The number of thioether (sulfide) groups is 1. The Morgan fingerprint density at radius 1 is 1.04 bits per heavy atom. The number of ether oxygens (including phenoxy) is 4. The van der Waals surface area contributed by atoms with Gasteiger partial charge in [0, 0.05) is 14.2 Å². The van der Waals surface area contributed by atoms with Gasteiger partial charge in [0.25, 0.3) is 0 Å². The second kappa shape index (κ2) is 10.5. The van der Waals surface area contributed by atoms with Gasteiger partial charge in [-0.05, 0) is 23.7 Å². The molecule has 1 aliphatic heterocycles. The van der Waals surface area contributed by atoms with Crippen molar-refractivity contribution in [3.05, 3.63) is 35.9 Å². The van der Waals surface area contributed by atoms with Gasteiger partial charge in [-0.3, -0.25) is 0 Å². The summed E-state index contributed by atoms with van der Waals surface area (Å²) < 4.78 is 24.3. The van der Waals surface area contributed by atoms with E-state index >= 15 is 0 Å². The van der Waals surface area contributed by atoms with Gasteiger partial charge in [-0.25, -0.2) is 0 Å². The number of hydrogen-bond acceptors (Lipinski definition) is 5. The molecule has 25 heavy (non-hydrogen) atoms. The molecule has 2 rings (SSSR count). The third-order valence-corrected chi connectivity index (χ3v) is 5.50. The van der Waals surface area contributed by atoms with Crippen molar-refractivity contribution in [1.82, 2.24) is 0 Å². The molecule has 1 heterocycles. The molecule has 1 aromatic rings. The Morgan fingerprint density at radius 3 is 2.28 bits per heavy atom. The molecule has 5 atom stereocenters. The van der Waals surface area contributed by atoms with Crippen LogP contribution < -0.4 is 0 Å². The van der Waals surface area contributed by atoms with E-state index in [1.807, 2.05) is 18.2 Å². The number of rotatable bonds is 9. The van der Waals surface area contributed by atoms with E-state index in [-0.39, 0.29) is 29.9 Å². The fourth-order valence-electron chi connectivity index (χ4n) is 3.33. The number of benzene rings is 1. The van der Waals surface area contributed by atoms with Crippen molar-refractivity contribution < 1.29 is 18.9 Å². The van der Waals surface area contributed by atoms with Gasteiger partial charge in [-0.2, -0.15) is 0 Å².